The second-order valence-corrected chi connectivity index (χ2v) is 6.23. The van der Waals surface area contributed by atoms with Crippen LogP contribution in [-0.4, -0.2) is 24.2 Å². The molecule has 9 heteroatoms. The Balaban J connectivity index is 1.54. The molecule has 1 aromatic heterocycles. The van der Waals surface area contributed by atoms with Gasteiger partial charge in [-0.15, -0.1) is 0 Å². The van der Waals surface area contributed by atoms with Crippen LogP contribution in [0.1, 0.15) is 24.0 Å². The largest absolute Gasteiger partial charge is 0.490 e. The van der Waals surface area contributed by atoms with E-state index in [2.05, 4.69) is 4.98 Å². The van der Waals surface area contributed by atoms with Crippen molar-refractivity contribution in [3.8, 4) is 5.75 Å². The van der Waals surface area contributed by atoms with Gasteiger partial charge in [-0.25, -0.2) is 4.98 Å². The third-order valence-corrected chi connectivity index (χ3v) is 4.33. The zero-order valence-electron chi connectivity index (χ0n) is 14.0. The molecule has 0 unspecified atom stereocenters. The lowest BCUT2D eigenvalue weighted by Gasteiger charge is -2.33. The van der Waals surface area contributed by atoms with Gasteiger partial charge in [0.15, 0.2) is 0 Å². The molecule has 1 aliphatic rings. The van der Waals surface area contributed by atoms with Gasteiger partial charge in [0, 0.05) is 32.1 Å². The van der Waals surface area contributed by atoms with E-state index < -0.39 is 23.5 Å². The minimum Gasteiger partial charge on any atom is -0.490 e. The van der Waals surface area contributed by atoms with Crippen LogP contribution in [0.4, 0.5) is 32.2 Å². The van der Waals surface area contributed by atoms with Crippen molar-refractivity contribution in [2.24, 2.45) is 0 Å². The summed E-state index contributed by atoms with van der Waals surface area (Å²) >= 11 is 0. The highest BCUT2D eigenvalue weighted by Crippen LogP contribution is 2.32. The molecule has 0 N–H and O–H groups in total. The second kappa shape index (κ2) is 7.28. The molecule has 2 aromatic rings. The van der Waals surface area contributed by atoms with Gasteiger partial charge in [0.05, 0.1) is 11.1 Å². The normalized spacial score (nSPS) is 16.4. The van der Waals surface area contributed by atoms with Gasteiger partial charge in [-0.1, -0.05) is 0 Å². The van der Waals surface area contributed by atoms with E-state index in [0.717, 1.165) is 24.4 Å². The Labute approximate surface area is 151 Å². The summed E-state index contributed by atoms with van der Waals surface area (Å²) in [6.45, 7) is 1.06. The molecule has 1 saturated heterocycles. The average Bonchev–Trinajstić information content (AvgIpc) is 2.61. The van der Waals surface area contributed by atoms with E-state index in [4.69, 9.17) is 4.74 Å². The molecule has 0 spiro atoms. The molecule has 146 valence electrons. The number of rotatable bonds is 3. The first-order chi connectivity index (χ1) is 12.6. The van der Waals surface area contributed by atoms with Gasteiger partial charge in [0.2, 0.25) is 0 Å². The number of pyridine rings is 1. The van der Waals surface area contributed by atoms with Crippen molar-refractivity contribution < 1.29 is 31.1 Å². The number of halogens is 6. The van der Waals surface area contributed by atoms with Crippen LogP contribution in [0.2, 0.25) is 0 Å². The van der Waals surface area contributed by atoms with Crippen molar-refractivity contribution in [2.45, 2.75) is 31.3 Å². The van der Waals surface area contributed by atoms with Crippen LogP contribution < -0.4 is 9.64 Å². The number of benzene rings is 1. The number of piperidine rings is 1. The lowest BCUT2D eigenvalue weighted by molar-refractivity contribution is -0.138. The quantitative estimate of drug-likeness (QED) is 0.677. The number of nitrogens with zero attached hydrogens (tertiary/aromatic N) is 2. The van der Waals surface area contributed by atoms with E-state index in [1.54, 1.807) is 0 Å². The first-order valence-electron chi connectivity index (χ1n) is 8.25. The van der Waals surface area contributed by atoms with Crippen LogP contribution in [0.25, 0.3) is 0 Å². The fraction of sp³-hybridized carbons (Fsp3) is 0.389. The van der Waals surface area contributed by atoms with Crippen molar-refractivity contribution in [1.82, 2.24) is 4.98 Å². The molecule has 0 atom stereocenters. The Bertz CT molecular complexity index is 747. The first-order valence-corrected chi connectivity index (χ1v) is 8.25. The molecule has 1 aromatic carbocycles. The number of aromatic nitrogens is 1. The molecular formula is C18H16F6N2O. The maximum atomic E-state index is 12.6. The summed E-state index contributed by atoms with van der Waals surface area (Å²) in [5, 5.41) is 0. The summed E-state index contributed by atoms with van der Waals surface area (Å²) in [6, 6.07) is 6.83. The Morgan fingerprint density at radius 1 is 0.815 bits per heavy atom. The van der Waals surface area contributed by atoms with E-state index in [1.807, 2.05) is 4.90 Å². The molecule has 0 aliphatic carbocycles. The average molecular weight is 390 g/mol. The Morgan fingerprint density at radius 3 is 1.85 bits per heavy atom. The number of anilines is 1. The molecule has 27 heavy (non-hydrogen) atoms. The summed E-state index contributed by atoms with van der Waals surface area (Å²) < 4.78 is 81.1. The lowest BCUT2D eigenvalue weighted by Crippen LogP contribution is -2.38. The number of ether oxygens (including phenoxy) is 1. The summed E-state index contributed by atoms with van der Waals surface area (Å²) in [6.07, 6.45) is -7.01. The minimum absolute atomic E-state index is 0.174. The smallest absolute Gasteiger partial charge is 0.417 e. The van der Waals surface area contributed by atoms with Gasteiger partial charge in [0.1, 0.15) is 17.7 Å². The third kappa shape index (κ3) is 4.84. The van der Waals surface area contributed by atoms with E-state index >= 15 is 0 Å². The topological polar surface area (TPSA) is 25.4 Å². The predicted octanol–water partition coefficient (Wildman–Crippen LogP) is 5.17. The molecule has 3 nitrogen and oxygen atoms in total. The van der Waals surface area contributed by atoms with Gasteiger partial charge in [-0.05, 0) is 36.4 Å². The van der Waals surface area contributed by atoms with Crippen LogP contribution in [0, 0.1) is 0 Å². The van der Waals surface area contributed by atoms with Crippen molar-refractivity contribution in [3.63, 3.8) is 0 Å². The highest BCUT2D eigenvalue weighted by molar-refractivity contribution is 5.40. The first kappa shape index (κ1) is 19.3. The number of hydrogen-bond donors (Lipinski definition) is 0. The fourth-order valence-electron chi connectivity index (χ4n) is 2.86. The third-order valence-electron chi connectivity index (χ3n) is 4.33. The maximum absolute atomic E-state index is 12.6. The van der Waals surface area contributed by atoms with Gasteiger partial charge in [-0.3, -0.25) is 0 Å². The summed E-state index contributed by atoms with van der Waals surface area (Å²) in [7, 11) is 0. The second-order valence-electron chi connectivity index (χ2n) is 6.23. The molecule has 0 radical (unpaired) electrons. The number of hydrogen-bond acceptors (Lipinski definition) is 3. The SMILES string of the molecule is FC(F)(F)c1ccc(OC2CCN(c3ccc(C(F)(F)F)cn3)CC2)cc1. The zero-order valence-corrected chi connectivity index (χ0v) is 14.0. The van der Waals surface area contributed by atoms with Crippen molar-refractivity contribution in [2.75, 3.05) is 18.0 Å². The molecular weight excluding hydrogens is 374 g/mol. The molecule has 0 bridgehead atoms. The molecule has 3 rings (SSSR count). The van der Waals surface area contributed by atoms with Crippen molar-refractivity contribution in [1.29, 1.82) is 0 Å². The van der Waals surface area contributed by atoms with Crippen molar-refractivity contribution >= 4 is 5.82 Å². The zero-order chi connectivity index (χ0) is 19.7. The van der Waals surface area contributed by atoms with E-state index in [0.29, 0.717) is 37.5 Å². The van der Waals surface area contributed by atoms with Crippen LogP contribution >= 0.6 is 0 Å². The maximum Gasteiger partial charge on any atom is 0.417 e. The highest BCUT2D eigenvalue weighted by Gasteiger charge is 2.32. The van der Waals surface area contributed by atoms with Gasteiger partial charge < -0.3 is 9.64 Å². The molecule has 0 saturated carbocycles. The van der Waals surface area contributed by atoms with E-state index in [-0.39, 0.29) is 6.10 Å². The predicted molar refractivity (Wildman–Crippen MR) is 86.5 cm³/mol. The van der Waals surface area contributed by atoms with Crippen LogP contribution in [0.5, 0.6) is 5.75 Å². The molecule has 1 fully saturated rings. The summed E-state index contributed by atoms with van der Waals surface area (Å²) in [5.41, 5.74) is -1.54. The van der Waals surface area contributed by atoms with Crippen LogP contribution in [-0.2, 0) is 12.4 Å². The molecule has 2 heterocycles. The Kier molecular flexibility index (Phi) is 5.21. The summed E-state index contributed by atoms with van der Waals surface area (Å²) in [5.74, 6) is 0.810. The minimum atomic E-state index is -4.42. The van der Waals surface area contributed by atoms with Crippen LogP contribution in [0.15, 0.2) is 42.6 Å². The molecule has 1 aliphatic heterocycles. The fourth-order valence-corrected chi connectivity index (χ4v) is 2.86. The highest BCUT2D eigenvalue weighted by atomic mass is 19.4. The number of alkyl halides is 6. The van der Waals surface area contributed by atoms with Gasteiger partial charge >= 0.3 is 12.4 Å². The van der Waals surface area contributed by atoms with Gasteiger partial charge in [-0.2, -0.15) is 26.3 Å². The van der Waals surface area contributed by atoms with Gasteiger partial charge in [0.25, 0.3) is 0 Å². The standard InChI is InChI=1S/C18H16F6N2O/c19-17(20,21)12-1-4-14(5-2-12)27-15-7-9-26(10-8-15)16-6-3-13(11-25-16)18(22,23)24/h1-6,11,15H,7-10H2. The lowest BCUT2D eigenvalue weighted by atomic mass is 10.1. The van der Waals surface area contributed by atoms with E-state index in [1.165, 1.54) is 18.2 Å². The summed E-state index contributed by atoms with van der Waals surface area (Å²) in [4.78, 5) is 5.72. The van der Waals surface area contributed by atoms with E-state index in [9.17, 15) is 26.3 Å². The Morgan fingerprint density at radius 2 is 1.37 bits per heavy atom. The van der Waals surface area contributed by atoms with Crippen molar-refractivity contribution in [3.05, 3.63) is 53.7 Å². The monoisotopic (exact) mass is 390 g/mol. The molecule has 0 amide bonds. The van der Waals surface area contributed by atoms with Crippen LogP contribution in [0.3, 0.4) is 0 Å². The Hall–Kier alpha value is -2.45.